The first-order valence-electron chi connectivity index (χ1n) is 6.63. The molecule has 0 bridgehead atoms. The van der Waals surface area contributed by atoms with Gasteiger partial charge in [0.05, 0.1) is 13.1 Å². The summed E-state index contributed by atoms with van der Waals surface area (Å²) in [5.74, 6) is 1.06. The number of rotatable bonds is 7. The van der Waals surface area contributed by atoms with Crippen molar-refractivity contribution in [3.63, 3.8) is 0 Å². The molecule has 0 aromatic carbocycles. The number of carbonyl (C=O) groups is 1. The lowest BCUT2D eigenvalue weighted by molar-refractivity contribution is -0.130. The molecule has 0 aliphatic heterocycles. The van der Waals surface area contributed by atoms with E-state index in [4.69, 9.17) is 0 Å². The van der Waals surface area contributed by atoms with Crippen LogP contribution in [0, 0.1) is 0 Å². The van der Waals surface area contributed by atoms with E-state index in [0.717, 1.165) is 31.8 Å². The molecule has 1 heterocycles. The first-order valence-corrected chi connectivity index (χ1v) is 6.63. The van der Waals surface area contributed by atoms with Crippen molar-refractivity contribution in [1.29, 1.82) is 0 Å². The molecule has 1 amide bonds. The number of hydrogen-bond donors (Lipinski definition) is 1. The van der Waals surface area contributed by atoms with Gasteiger partial charge in [-0.1, -0.05) is 0 Å². The molecular weight excluding hydrogens is 230 g/mol. The molecule has 1 aromatic heterocycles. The zero-order chi connectivity index (χ0) is 13.0. The Balaban J connectivity index is 1.76. The van der Waals surface area contributed by atoms with Crippen LogP contribution in [0.1, 0.15) is 32.5 Å². The molecule has 100 valence electrons. The van der Waals surface area contributed by atoms with Crippen LogP contribution in [-0.2, 0) is 17.9 Å². The highest BCUT2D eigenvalue weighted by atomic mass is 16.2. The molecule has 1 aliphatic rings. The van der Waals surface area contributed by atoms with Crippen LogP contribution in [0.2, 0.25) is 0 Å². The van der Waals surface area contributed by atoms with E-state index >= 15 is 0 Å². The van der Waals surface area contributed by atoms with Gasteiger partial charge in [0.15, 0.2) is 0 Å². The van der Waals surface area contributed by atoms with Crippen molar-refractivity contribution in [3.8, 4) is 0 Å². The summed E-state index contributed by atoms with van der Waals surface area (Å²) in [6.45, 7) is 6.69. The lowest BCUT2D eigenvalue weighted by atomic mass is 10.4. The van der Waals surface area contributed by atoms with E-state index in [-0.39, 0.29) is 5.91 Å². The van der Waals surface area contributed by atoms with E-state index in [2.05, 4.69) is 15.5 Å². The molecule has 0 radical (unpaired) electrons. The molecule has 1 aliphatic carbocycles. The van der Waals surface area contributed by atoms with Gasteiger partial charge in [-0.25, -0.2) is 0 Å². The number of nitrogens with zero attached hydrogens (tertiary/aromatic N) is 4. The zero-order valence-electron chi connectivity index (χ0n) is 11.1. The SMILES string of the molecule is CCN(C(=O)CNCc1nncn1CC)C1CC1. The highest BCUT2D eigenvalue weighted by Crippen LogP contribution is 2.26. The average Bonchev–Trinajstić information content (AvgIpc) is 3.09. The van der Waals surface area contributed by atoms with E-state index in [0.29, 0.717) is 19.1 Å². The maximum atomic E-state index is 12.0. The van der Waals surface area contributed by atoms with Crippen LogP contribution in [0.4, 0.5) is 0 Å². The van der Waals surface area contributed by atoms with Gasteiger partial charge in [0, 0.05) is 19.1 Å². The van der Waals surface area contributed by atoms with Crippen molar-refractivity contribution < 1.29 is 4.79 Å². The Bertz CT molecular complexity index is 399. The van der Waals surface area contributed by atoms with Gasteiger partial charge in [-0.05, 0) is 26.7 Å². The van der Waals surface area contributed by atoms with Crippen LogP contribution < -0.4 is 5.32 Å². The average molecular weight is 251 g/mol. The van der Waals surface area contributed by atoms with Gasteiger partial charge in [-0.2, -0.15) is 0 Å². The van der Waals surface area contributed by atoms with Crippen molar-refractivity contribution in [3.05, 3.63) is 12.2 Å². The molecule has 2 rings (SSSR count). The van der Waals surface area contributed by atoms with E-state index < -0.39 is 0 Å². The largest absolute Gasteiger partial charge is 0.339 e. The number of carbonyl (C=O) groups excluding carboxylic acids is 1. The topological polar surface area (TPSA) is 63.1 Å². The second kappa shape index (κ2) is 5.95. The van der Waals surface area contributed by atoms with Crippen LogP contribution in [0.3, 0.4) is 0 Å². The van der Waals surface area contributed by atoms with Gasteiger partial charge in [-0.3, -0.25) is 4.79 Å². The van der Waals surface area contributed by atoms with Crippen molar-refractivity contribution in [2.24, 2.45) is 0 Å². The number of aromatic nitrogens is 3. The summed E-state index contributed by atoms with van der Waals surface area (Å²) in [6.07, 6.45) is 4.02. The predicted octanol–water partition coefficient (Wildman–Crippen LogP) is 0.398. The number of likely N-dealkylation sites (N-methyl/N-ethyl adjacent to an activating group) is 1. The highest BCUT2D eigenvalue weighted by Gasteiger charge is 2.30. The van der Waals surface area contributed by atoms with Crippen molar-refractivity contribution in [2.45, 2.75) is 45.8 Å². The Morgan fingerprint density at radius 1 is 1.56 bits per heavy atom. The summed E-state index contributed by atoms with van der Waals surface area (Å²) < 4.78 is 1.97. The van der Waals surface area contributed by atoms with Crippen molar-refractivity contribution in [2.75, 3.05) is 13.1 Å². The molecule has 0 saturated heterocycles. The molecule has 18 heavy (non-hydrogen) atoms. The van der Waals surface area contributed by atoms with E-state index in [9.17, 15) is 4.79 Å². The summed E-state index contributed by atoms with van der Waals surface area (Å²) in [6, 6.07) is 0.489. The summed E-state index contributed by atoms with van der Waals surface area (Å²) >= 11 is 0. The third kappa shape index (κ3) is 3.07. The quantitative estimate of drug-likeness (QED) is 0.762. The molecule has 0 atom stereocenters. The van der Waals surface area contributed by atoms with E-state index in [1.165, 1.54) is 0 Å². The minimum atomic E-state index is 0.183. The van der Waals surface area contributed by atoms with Gasteiger partial charge in [0.2, 0.25) is 5.91 Å². The number of amides is 1. The molecule has 6 heteroatoms. The molecule has 0 unspecified atom stereocenters. The van der Waals surface area contributed by atoms with Gasteiger partial charge in [-0.15, -0.1) is 10.2 Å². The van der Waals surface area contributed by atoms with Gasteiger partial charge >= 0.3 is 0 Å². The third-order valence-corrected chi connectivity index (χ3v) is 3.24. The summed E-state index contributed by atoms with van der Waals surface area (Å²) in [7, 11) is 0. The molecular formula is C12H21N5O. The maximum Gasteiger partial charge on any atom is 0.236 e. The molecule has 1 saturated carbocycles. The Morgan fingerprint density at radius 2 is 2.33 bits per heavy atom. The first-order chi connectivity index (χ1) is 8.76. The molecule has 1 aromatic rings. The number of hydrogen-bond acceptors (Lipinski definition) is 4. The van der Waals surface area contributed by atoms with E-state index in [1.54, 1.807) is 6.33 Å². The van der Waals surface area contributed by atoms with Crippen LogP contribution in [0.15, 0.2) is 6.33 Å². The van der Waals surface area contributed by atoms with Crippen LogP contribution in [0.25, 0.3) is 0 Å². The predicted molar refractivity (Wildman–Crippen MR) is 67.8 cm³/mol. The van der Waals surface area contributed by atoms with Gasteiger partial charge in [0.1, 0.15) is 12.2 Å². The Labute approximate surface area is 107 Å². The molecule has 6 nitrogen and oxygen atoms in total. The fraction of sp³-hybridized carbons (Fsp3) is 0.750. The summed E-state index contributed by atoms with van der Waals surface area (Å²) in [5, 5.41) is 11.0. The third-order valence-electron chi connectivity index (χ3n) is 3.24. The maximum absolute atomic E-state index is 12.0. The van der Waals surface area contributed by atoms with Gasteiger partial charge in [0.25, 0.3) is 0 Å². The number of nitrogens with one attached hydrogen (secondary N) is 1. The Morgan fingerprint density at radius 3 is 2.94 bits per heavy atom. The molecule has 0 spiro atoms. The summed E-state index contributed by atoms with van der Waals surface area (Å²) in [5.41, 5.74) is 0. The van der Waals surface area contributed by atoms with E-state index in [1.807, 2.05) is 23.3 Å². The number of aryl methyl sites for hydroxylation is 1. The fourth-order valence-electron chi connectivity index (χ4n) is 2.09. The molecule has 1 N–H and O–H groups in total. The Hall–Kier alpha value is -1.43. The fourth-order valence-corrected chi connectivity index (χ4v) is 2.09. The normalized spacial score (nSPS) is 14.8. The second-order valence-electron chi connectivity index (χ2n) is 4.55. The lowest BCUT2D eigenvalue weighted by Gasteiger charge is -2.20. The Kier molecular flexibility index (Phi) is 4.30. The van der Waals surface area contributed by atoms with Crippen molar-refractivity contribution in [1.82, 2.24) is 25.0 Å². The monoisotopic (exact) mass is 251 g/mol. The zero-order valence-corrected chi connectivity index (χ0v) is 11.1. The summed E-state index contributed by atoms with van der Waals surface area (Å²) in [4.78, 5) is 13.9. The minimum Gasteiger partial charge on any atom is -0.339 e. The van der Waals surface area contributed by atoms with Crippen molar-refractivity contribution >= 4 is 5.91 Å². The van der Waals surface area contributed by atoms with Crippen LogP contribution >= 0.6 is 0 Å². The van der Waals surface area contributed by atoms with Gasteiger partial charge < -0.3 is 14.8 Å². The smallest absolute Gasteiger partial charge is 0.236 e. The highest BCUT2D eigenvalue weighted by molar-refractivity contribution is 5.78. The lowest BCUT2D eigenvalue weighted by Crippen LogP contribution is -2.39. The standard InChI is InChI=1S/C12H21N5O/c1-3-16-9-14-15-11(16)7-13-8-12(18)17(4-2)10-5-6-10/h9-10,13H,3-8H2,1-2H3. The van der Waals surface area contributed by atoms with Crippen LogP contribution in [-0.4, -0.2) is 44.7 Å². The molecule has 1 fully saturated rings. The minimum absolute atomic E-state index is 0.183. The second-order valence-corrected chi connectivity index (χ2v) is 4.55. The van der Waals surface area contributed by atoms with Crippen LogP contribution in [0.5, 0.6) is 0 Å². The first kappa shape index (κ1) is 13.0.